The average Bonchev–Trinajstić information content (AvgIpc) is 2.26. The molecule has 0 fully saturated rings. The summed E-state index contributed by atoms with van der Waals surface area (Å²) in [5.74, 6) is -1.08. The van der Waals surface area contributed by atoms with Gasteiger partial charge in [-0.3, -0.25) is 0 Å². The second-order valence-corrected chi connectivity index (χ2v) is 4.40. The topological polar surface area (TPSA) is 60.4 Å². The van der Waals surface area contributed by atoms with Crippen molar-refractivity contribution in [2.24, 2.45) is 0 Å². The minimum absolute atomic E-state index is 0. The fourth-order valence-corrected chi connectivity index (χ4v) is 1.60. The largest absolute Gasteiger partial charge is 1.00 e. The van der Waals surface area contributed by atoms with Crippen LogP contribution in [0.1, 0.15) is 78.1 Å². The van der Waals surface area contributed by atoms with Gasteiger partial charge in [0.2, 0.25) is 0 Å². The van der Waals surface area contributed by atoms with Crippen molar-refractivity contribution in [3.05, 3.63) is 0 Å². The Bertz CT molecular complexity index is 138. The van der Waals surface area contributed by atoms with Crippen LogP contribution in [-0.4, -0.2) is 17.7 Å². The third kappa shape index (κ3) is 36.0. The van der Waals surface area contributed by atoms with Gasteiger partial charge in [0.15, 0.2) is 0 Å². The quantitative estimate of drug-likeness (QED) is 0.435. The molecule has 0 bridgehead atoms. The Balaban J connectivity index is -0.000000392. The first-order chi connectivity index (χ1) is 8.15. The molecule has 0 aliphatic rings. The first-order valence-electron chi connectivity index (χ1n) is 6.93. The Hall–Kier alpha value is 0.430. The van der Waals surface area contributed by atoms with Gasteiger partial charge in [-0.15, -0.1) is 0 Å². The van der Waals surface area contributed by atoms with Gasteiger partial charge in [0.25, 0.3) is 0 Å². The predicted octanol–water partition coefficient (Wildman–Crippen LogP) is -0.340. The Morgan fingerprint density at radius 2 is 1.17 bits per heavy atom. The molecule has 0 heterocycles. The van der Waals surface area contributed by atoms with Crippen LogP contribution >= 0.6 is 0 Å². The van der Waals surface area contributed by atoms with Crippen molar-refractivity contribution in [1.29, 1.82) is 0 Å². The minimum Gasteiger partial charge on any atom is -0.550 e. The van der Waals surface area contributed by atoms with E-state index in [1.165, 1.54) is 57.8 Å². The van der Waals surface area contributed by atoms with Gasteiger partial charge in [-0.1, -0.05) is 64.7 Å². The first kappa shape index (κ1) is 23.5. The number of hydrogen-bond donors (Lipinski definition) is 1. The molecule has 0 aromatic carbocycles. The van der Waals surface area contributed by atoms with Crippen LogP contribution in [0.5, 0.6) is 0 Å². The summed E-state index contributed by atoms with van der Waals surface area (Å²) in [6.07, 6.45) is 13.3. The zero-order valence-electron chi connectivity index (χ0n) is 12.5. The molecule has 0 rings (SSSR count). The molecule has 18 heavy (non-hydrogen) atoms. The predicted molar refractivity (Wildman–Crippen MR) is 69.6 cm³/mol. The summed E-state index contributed by atoms with van der Waals surface area (Å²) < 4.78 is 0. The normalized spacial score (nSPS) is 9.06. The second-order valence-electron chi connectivity index (χ2n) is 4.40. The molecule has 0 aliphatic carbocycles. The molecule has 1 N–H and O–H groups in total. The van der Waals surface area contributed by atoms with E-state index in [0.717, 1.165) is 13.3 Å². The first-order valence-corrected chi connectivity index (χ1v) is 6.93. The molecule has 0 aromatic rings. The Morgan fingerprint density at radius 1 is 0.889 bits per heavy atom. The van der Waals surface area contributed by atoms with Gasteiger partial charge < -0.3 is 15.0 Å². The monoisotopic (exact) mass is 268 g/mol. The van der Waals surface area contributed by atoms with Crippen LogP contribution in [0.3, 0.4) is 0 Å². The van der Waals surface area contributed by atoms with E-state index in [1.807, 2.05) is 0 Å². The van der Waals surface area contributed by atoms with Crippen molar-refractivity contribution in [1.82, 2.24) is 0 Å². The SMILES string of the molecule is CC(=O)[O-].CCCCCCCCCCCCO.[Na+]. The van der Waals surface area contributed by atoms with E-state index >= 15 is 0 Å². The number of carbonyl (C=O) groups excluding carboxylic acids is 1. The number of carbonyl (C=O) groups is 1. The molecule has 0 atom stereocenters. The standard InChI is InChI=1S/C12H26O.C2H4O2.Na/c1-2-3-4-5-6-7-8-9-10-11-12-13;1-2(3)4;/h13H,2-12H2,1H3;1H3,(H,3,4);/q;;+1/p-1. The summed E-state index contributed by atoms with van der Waals surface area (Å²) in [5.41, 5.74) is 0. The smallest absolute Gasteiger partial charge is 0.550 e. The van der Waals surface area contributed by atoms with Gasteiger partial charge in [0.1, 0.15) is 0 Å². The molecule has 0 spiro atoms. The Labute approximate surface area is 135 Å². The van der Waals surface area contributed by atoms with E-state index in [-0.39, 0.29) is 29.6 Å². The summed E-state index contributed by atoms with van der Waals surface area (Å²) in [6.45, 7) is 3.60. The van der Waals surface area contributed by atoms with Crippen molar-refractivity contribution in [3.63, 3.8) is 0 Å². The van der Waals surface area contributed by atoms with E-state index in [1.54, 1.807) is 0 Å². The molecule has 0 aromatic heterocycles. The fraction of sp³-hybridized carbons (Fsp3) is 0.929. The number of carboxylic acids is 1. The maximum Gasteiger partial charge on any atom is 1.00 e. The second kappa shape index (κ2) is 22.6. The maximum absolute atomic E-state index is 8.89. The molecule has 3 nitrogen and oxygen atoms in total. The van der Waals surface area contributed by atoms with Crippen molar-refractivity contribution in [2.45, 2.75) is 78.1 Å². The molecular formula is C14H29NaO3. The Morgan fingerprint density at radius 3 is 1.44 bits per heavy atom. The van der Waals surface area contributed by atoms with E-state index in [2.05, 4.69) is 6.92 Å². The van der Waals surface area contributed by atoms with Gasteiger partial charge in [-0.05, 0) is 13.3 Å². The molecule has 0 amide bonds. The van der Waals surface area contributed by atoms with Crippen molar-refractivity contribution in [3.8, 4) is 0 Å². The number of aliphatic carboxylic acids is 1. The Kier molecular flexibility index (Phi) is 29.5. The number of unbranched alkanes of at least 4 members (excludes halogenated alkanes) is 9. The van der Waals surface area contributed by atoms with Crippen molar-refractivity contribution in [2.75, 3.05) is 6.61 Å². The van der Waals surface area contributed by atoms with Crippen LogP contribution < -0.4 is 34.7 Å². The van der Waals surface area contributed by atoms with Crippen molar-refractivity contribution < 1.29 is 44.6 Å². The minimum atomic E-state index is -1.08. The van der Waals surface area contributed by atoms with E-state index in [0.29, 0.717) is 6.61 Å². The summed E-state index contributed by atoms with van der Waals surface area (Å²) in [5, 5.41) is 17.5. The van der Waals surface area contributed by atoms with Crippen LogP contribution in [0.25, 0.3) is 0 Å². The molecule has 0 aliphatic heterocycles. The molecule has 0 saturated heterocycles. The van der Waals surface area contributed by atoms with Crippen molar-refractivity contribution >= 4 is 5.97 Å². The summed E-state index contributed by atoms with van der Waals surface area (Å²) in [7, 11) is 0. The molecule has 4 heteroatoms. The van der Waals surface area contributed by atoms with Gasteiger partial charge in [0.05, 0.1) is 0 Å². The van der Waals surface area contributed by atoms with E-state index in [9.17, 15) is 0 Å². The third-order valence-electron chi connectivity index (χ3n) is 2.51. The van der Waals surface area contributed by atoms with Gasteiger partial charge in [-0.2, -0.15) is 0 Å². The van der Waals surface area contributed by atoms with E-state index < -0.39 is 5.97 Å². The number of hydrogen-bond acceptors (Lipinski definition) is 3. The fourth-order valence-electron chi connectivity index (χ4n) is 1.60. The van der Waals surface area contributed by atoms with Crippen LogP contribution in [0, 0.1) is 0 Å². The summed E-state index contributed by atoms with van der Waals surface area (Å²) in [4.78, 5) is 8.89. The maximum atomic E-state index is 8.89. The van der Waals surface area contributed by atoms with Gasteiger partial charge in [0, 0.05) is 12.6 Å². The van der Waals surface area contributed by atoms with Gasteiger partial charge >= 0.3 is 29.6 Å². The molecule has 0 radical (unpaired) electrons. The zero-order chi connectivity index (χ0) is 13.4. The molecule has 104 valence electrons. The molecular weight excluding hydrogens is 239 g/mol. The zero-order valence-corrected chi connectivity index (χ0v) is 14.5. The summed E-state index contributed by atoms with van der Waals surface area (Å²) >= 11 is 0. The molecule has 0 saturated carbocycles. The van der Waals surface area contributed by atoms with Crippen LogP contribution in [-0.2, 0) is 4.79 Å². The number of aliphatic hydroxyl groups excluding tert-OH is 1. The van der Waals surface area contributed by atoms with Gasteiger partial charge in [-0.25, -0.2) is 0 Å². The number of aliphatic hydroxyl groups is 1. The number of carboxylic acid groups (broad SMARTS) is 1. The average molecular weight is 268 g/mol. The number of rotatable bonds is 10. The van der Waals surface area contributed by atoms with Crippen LogP contribution in [0.2, 0.25) is 0 Å². The third-order valence-corrected chi connectivity index (χ3v) is 2.51. The van der Waals surface area contributed by atoms with Crippen LogP contribution in [0.4, 0.5) is 0 Å². The van der Waals surface area contributed by atoms with E-state index in [4.69, 9.17) is 15.0 Å². The van der Waals surface area contributed by atoms with Crippen LogP contribution in [0.15, 0.2) is 0 Å². The summed E-state index contributed by atoms with van der Waals surface area (Å²) in [6, 6.07) is 0. The molecule has 0 unspecified atom stereocenters.